The van der Waals surface area contributed by atoms with Gasteiger partial charge in [0.2, 0.25) is 0 Å². The number of carbonyl (C=O) groups is 3. The average molecular weight is 461 g/mol. The molecule has 0 spiro atoms. The van der Waals surface area contributed by atoms with Gasteiger partial charge in [0.15, 0.2) is 11.5 Å². The molecule has 0 fully saturated rings. The second-order valence-corrected chi connectivity index (χ2v) is 7.17. The number of anilines is 1. The van der Waals surface area contributed by atoms with Crippen molar-refractivity contribution < 1.29 is 29.0 Å². The standard InChI is InChI=1S/C25H23N3O6/c1-15-4-6-16(7-5-15)23(29)27-19-11-8-17(9-12-19)24(30)28-26-14-18-10-13-20(33-2)22(34-3)21(18)25(31)32/h4-14H,1-3H3,(H,27,29)(H,28,30)(H,31,32)/b26-14-. The van der Waals surface area contributed by atoms with Crippen LogP contribution < -0.4 is 20.2 Å². The van der Waals surface area contributed by atoms with Crippen LogP contribution in [0.15, 0.2) is 65.8 Å². The van der Waals surface area contributed by atoms with Crippen LogP contribution in [0.5, 0.6) is 11.5 Å². The Morgan fingerprint density at radius 1 is 0.853 bits per heavy atom. The highest BCUT2D eigenvalue weighted by Crippen LogP contribution is 2.32. The van der Waals surface area contributed by atoms with Crippen molar-refractivity contribution in [3.8, 4) is 11.5 Å². The van der Waals surface area contributed by atoms with Gasteiger partial charge in [-0.25, -0.2) is 10.2 Å². The number of aryl methyl sites for hydroxylation is 1. The van der Waals surface area contributed by atoms with Crippen molar-refractivity contribution in [1.82, 2.24) is 5.43 Å². The van der Waals surface area contributed by atoms with Gasteiger partial charge in [0.1, 0.15) is 5.56 Å². The van der Waals surface area contributed by atoms with E-state index in [1.807, 2.05) is 19.1 Å². The summed E-state index contributed by atoms with van der Waals surface area (Å²) in [6.45, 7) is 1.94. The smallest absolute Gasteiger partial charge is 0.340 e. The minimum absolute atomic E-state index is 0.0496. The number of aromatic carboxylic acids is 1. The first kappa shape index (κ1) is 24.0. The summed E-state index contributed by atoms with van der Waals surface area (Å²) in [5.74, 6) is -1.69. The highest BCUT2D eigenvalue weighted by molar-refractivity contribution is 6.05. The molecule has 3 aromatic rings. The monoisotopic (exact) mass is 461 g/mol. The lowest BCUT2D eigenvalue weighted by Gasteiger charge is -2.12. The summed E-state index contributed by atoms with van der Waals surface area (Å²) in [4.78, 5) is 36.4. The number of hydrogen-bond donors (Lipinski definition) is 3. The number of carboxylic acids is 1. The second kappa shape index (κ2) is 10.8. The van der Waals surface area contributed by atoms with Gasteiger partial charge in [-0.15, -0.1) is 0 Å². The summed E-state index contributed by atoms with van der Waals surface area (Å²) in [5, 5.41) is 16.2. The van der Waals surface area contributed by atoms with Gasteiger partial charge in [0.25, 0.3) is 11.8 Å². The second-order valence-electron chi connectivity index (χ2n) is 7.17. The first-order valence-corrected chi connectivity index (χ1v) is 10.1. The van der Waals surface area contributed by atoms with E-state index in [9.17, 15) is 19.5 Å². The molecule has 0 heterocycles. The Balaban J connectivity index is 1.67. The number of nitrogens with zero attached hydrogens (tertiary/aromatic N) is 1. The minimum Gasteiger partial charge on any atom is -0.493 e. The minimum atomic E-state index is -1.23. The Morgan fingerprint density at radius 2 is 1.47 bits per heavy atom. The first-order valence-electron chi connectivity index (χ1n) is 10.1. The van der Waals surface area contributed by atoms with E-state index in [0.717, 1.165) is 5.56 Å². The van der Waals surface area contributed by atoms with Gasteiger partial charge in [0.05, 0.1) is 20.4 Å². The molecule has 3 aromatic carbocycles. The van der Waals surface area contributed by atoms with E-state index in [1.165, 1.54) is 44.7 Å². The first-order chi connectivity index (χ1) is 16.3. The van der Waals surface area contributed by atoms with Crippen LogP contribution in [0.2, 0.25) is 0 Å². The molecule has 3 N–H and O–H groups in total. The normalized spacial score (nSPS) is 10.6. The predicted molar refractivity (Wildman–Crippen MR) is 127 cm³/mol. The number of carboxylic acid groups (broad SMARTS) is 1. The molecule has 34 heavy (non-hydrogen) atoms. The average Bonchev–Trinajstić information content (AvgIpc) is 2.84. The number of methoxy groups -OCH3 is 2. The highest BCUT2D eigenvalue weighted by atomic mass is 16.5. The molecule has 0 aliphatic heterocycles. The number of ether oxygens (including phenoxy) is 2. The van der Waals surface area contributed by atoms with Crippen LogP contribution in [-0.2, 0) is 0 Å². The molecule has 0 unspecified atom stereocenters. The summed E-state index contributed by atoms with van der Waals surface area (Å²) >= 11 is 0. The summed E-state index contributed by atoms with van der Waals surface area (Å²) < 4.78 is 10.3. The van der Waals surface area contributed by atoms with Crippen molar-refractivity contribution in [3.05, 3.63) is 88.5 Å². The molecule has 0 radical (unpaired) electrons. The molecule has 2 amide bonds. The van der Waals surface area contributed by atoms with Gasteiger partial charge in [-0.05, 0) is 55.5 Å². The zero-order valence-electron chi connectivity index (χ0n) is 18.8. The van der Waals surface area contributed by atoms with E-state index in [-0.39, 0.29) is 28.5 Å². The van der Waals surface area contributed by atoms with E-state index in [1.54, 1.807) is 24.3 Å². The third-order valence-corrected chi connectivity index (χ3v) is 4.88. The van der Waals surface area contributed by atoms with Crippen LogP contribution in [0.25, 0.3) is 0 Å². The van der Waals surface area contributed by atoms with Crippen LogP contribution in [0.1, 0.15) is 42.2 Å². The van der Waals surface area contributed by atoms with E-state index in [4.69, 9.17) is 9.47 Å². The lowest BCUT2D eigenvalue weighted by molar-refractivity contribution is 0.0692. The largest absolute Gasteiger partial charge is 0.493 e. The lowest BCUT2D eigenvalue weighted by Crippen LogP contribution is -2.18. The molecule has 0 saturated carbocycles. The Bertz CT molecular complexity index is 1230. The Morgan fingerprint density at radius 3 is 2.06 bits per heavy atom. The summed E-state index contributed by atoms with van der Waals surface area (Å²) in [6, 6.07) is 16.5. The maximum Gasteiger partial charge on any atom is 0.340 e. The fourth-order valence-electron chi connectivity index (χ4n) is 3.11. The van der Waals surface area contributed by atoms with Crippen molar-refractivity contribution >= 4 is 29.7 Å². The van der Waals surface area contributed by atoms with E-state index in [2.05, 4.69) is 15.8 Å². The fourth-order valence-corrected chi connectivity index (χ4v) is 3.11. The van der Waals surface area contributed by atoms with Crippen molar-refractivity contribution in [2.45, 2.75) is 6.92 Å². The Labute approximate surface area is 196 Å². The highest BCUT2D eigenvalue weighted by Gasteiger charge is 2.20. The molecule has 9 heteroatoms. The molecule has 0 bridgehead atoms. The van der Waals surface area contributed by atoms with E-state index in [0.29, 0.717) is 16.8 Å². The topological polar surface area (TPSA) is 126 Å². The van der Waals surface area contributed by atoms with Crippen LogP contribution in [0.4, 0.5) is 5.69 Å². The number of hydrogen-bond acceptors (Lipinski definition) is 6. The Kier molecular flexibility index (Phi) is 7.60. The van der Waals surface area contributed by atoms with E-state index >= 15 is 0 Å². The maximum absolute atomic E-state index is 12.4. The molecule has 0 atom stereocenters. The molecule has 174 valence electrons. The van der Waals surface area contributed by atoms with Crippen LogP contribution in [0.3, 0.4) is 0 Å². The zero-order chi connectivity index (χ0) is 24.7. The summed E-state index contributed by atoms with van der Waals surface area (Å²) in [6.07, 6.45) is 1.21. The van der Waals surface area contributed by atoms with Crippen LogP contribution in [-0.4, -0.2) is 43.3 Å². The number of carbonyl (C=O) groups excluding carboxylic acids is 2. The molecular weight excluding hydrogens is 438 g/mol. The third kappa shape index (κ3) is 5.57. The quantitative estimate of drug-likeness (QED) is 0.347. The van der Waals surface area contributed by atoms with Gasteiger partial charge >= 0.3 is 5.97 Å². The van der Waals surface area contributed by atoms with Gasteiger partial charge < -0.3 is 19.9 Å². The third-order valence-electron chi connectivity index (χ3n) is 4.88. The van der Waals surface area contributed by atoms with Crippen molar-refractivity contribution in [2.75, 3.05) is 19.5 Å². The number of benzene rings is 3. The predicted octanol–water partition coefficient (Wildman–Crippen LogP) is 3.73. The molecule has 9 nitrogen and oxygen atoms in total. The van der Waals surface area contributed by atoms with Crippen molar-refractivity contribution in [2.24, 2.45) is 5.10 Å². The maximum atomic E-state index is 12.4. The summed E-state index contributed by atoms with van der Waals surface area (Å²) in [7, 11) is 2.73. The Hall–Kier alpha value is -4.66. The van der Waals surface area contributed by atoms with Gasteiger partial charge in [-0.3, -0.25) is 9.59 Å². The summed E-state index contributed by atoms with van der Waals surface area (Å²) in [5.41, 5.74) is 4.84. The molecule has 0 aliphatic rings. The molecular formula is C25H23N3O6. The number of rotatable bonds is 8. The SMILES string of the molecule is COc1ccc(/C=N\NC(=O)c2ccc(NC(=O)c3ccc(C)cc3)cc2)c(C(=O)O)c1OC. The molecule has 3 rings (SSSR count). The molecule has 0 saturated heterocycles. The molecule has 0 aliphatic carbocycles. The lowest BCUT2D eigenvalue weighted by atomic mass is 10.1. The van der Waals surface area contributed by atoms with Crippen LogP contribution >= 0.6 is 0 Å². The van der Waals surface area contributed by atoms with Gasteiger partial charge in [-0.1, -0.05) is 17.7 Å². The number of amides is 2. The van der Waals surface area contributed by atoms with E-state index < -0.39 is 11.9 Å². The fraction of sp³-hybridized carbons (Fsp3) is 0.120. The van der Waals surface area contributed by atoms with Gasteiger partial charge in [0, 0.05) is 22.4 Å². The molecule has 0 aromatic heterocycles. The number of nitrogens with one attached hydrogen (secondary N) is 2. The van der Waals surface area contributed by atoms with Gasteiger partial charge in [-0.2, -0.15) is 5.10 Å². The van der Waals surface area contributed by atoms with Crippen molar-refractivity contribution in [3.63, 3.8) is 0 Å². The van der Waals surface area contributed by atoms with Crippen LogP contribution in [0, 0.1) is 6.92 Å². The zero-order valence-corrected chi connectivity index (χ0v) is 18.8. The van der Waals surface area contributed by atoms with Crippen molar-refractivity contribution in [1.29, 1.82) is 0 Å². The number of hydrazone groups is 1.